The Bertz CT molecular complexity index is 645. The van der Waals surface area contributed by atoms with E-state index in [1.807, 2.05) is 0 Å². The second-order valence-corrected chi connectivity index (χ2v) is 5.41. The van der Waals surface area contributed by atoms with Crippen LogP contribution in [-0.2, 0) is 13.2 Å². The Labute approximate surface area is 123 Å². The fourth-order valence-corrected chi connectivity index (χ4v) is 2.69. The number of halogens is 3. The molecule has 0 amide bonds. The van der Waals surface area contributed by atoms with Gasteiger partial charge < -0.3 is 10.4 Å². The number of thiophene rings is 1. The molecule has 0 aliphatic rings. The molecular weight excluding hydrogens is 303 g/mol. The minimum Gasteiger partial charge on any atom is -0.395 e. The monoisotopic (exact) mass is 317 g/mol. The van der Waals surface area contributed by atoms with E-state index in [1.54, 1.807) is 12.1 Å². The predicted octanol–water partition coefficient (Wildman–Crippen LogP) is 2.72. The van der Waals surface area contributed by atoms with Crippen molar-refractivity contribution < 1.29 is 18.3 Å². The van der Waals surface area contributed by atoms with E-state index in [0.717, 1.165) is 15.6 Å². The highest BCUT2D eigenvalue weighted by Gasteiger charge is 2.35. The number of rotatable bonds is 5. The summed E-state index contributed by atoms with van der Waals surface area (Å²) in [6.07, 6.45) is -4.42. The number of hydrogen-bond acceptors (Lipinski definition) is 4. The molecule has 2 aromatic rings. The van der Waals surface area contributed by atoms with Crippen molar-refractivity contribution in [1.82, 2.24) is 15.1 Å². The van der Waals surface area contributed by atoms with Crippen molar-refractivity contribution in [2.45, 2.75) is 6.18 Å². The van der Waals surface area contributed by atoms with Gasteiger partial charge >= 0.3 is 6.18 Å². The standard InChI is InChI=1S/C13H14F3N3OS/c1-8(17-5-6-20)10-3-4-11(21-10)9-7-12(13(14,15)16)19(2)18-9/h3-4,7,17,20H,1,5-6H2,2H3. The van der Waals surface area contributed by atoms with Crippen LogP contribution in [0, 0.1) is 0 Å². The molecule has 114 valence electrons. The zero-order valence-electron chi connectivity index (χ0n) is 11.2. The fraction of sp³-hybridized carbons (Fsp3) is 0.308. The van der Waals surface area contributed by atoms with Crippen molar-refractivity contribution in [3.8, 4) is 10.6 Å². The molecule has 2 heterocycles. The normalized spacial score (nSPS) is 11.7. The summed E-state index contributed by atoms with van der Waals surface area (Å²) in [6.45, 7) is 4.16. The lowest BCUT2D eigenvalue weighted by molar-refractivity contribution is -0.143. The number of hydrogen-bond donors (Lipinski definition) is 2. The van der Waals surface area contributed by atoms with E-state index in [9.17, 15) is 13.2 Å². The van der Waals surface area contributed by atoms with Gasteiger partial charge in [0.15, 0.2) is 0 Å². The van der Waals surface area contributed by atoms with Gasteiger partial charge in [0.25, 0.3) is 0 Å². The molecule has 0 saturated heterocycles. The van der Waals surface area contributed by atoms with E-state index >= 15 is 0 Å². The number of alkyl halides is 3. The van der Waals surface area contributed by atoms with Crippen LogP contribution in [-0.4, -0.2) is 28.0 Å². The second-order valence-electron chi connectivity index (χ2n) is 4.33. The lowest BCUT2D eigenvalue weighted by Crippen LogP contribution is -2.15. The third-order valence-electron chi connectivity index (χ3n) is 2.78. The van der Waals surface area contributed by atoms with E-state index in [4.69, 9.17) is 5.11 Å². The van der Waals surface area contributed by atoms with E-state index in [0.29, 0.717) is 17.1 Å². The molecule has 21 heavy (non-hydrogen) atoms. The molecular formula is C13H14F3N3OS. The Kier molecular flexibility index (Phi) is 4.38. The van der Waals surface area contributed by atoms with Gasteiger partial charge in [-0.25, -0.2) is 0 Å². The number of aryl methyl sites for hydroxylation is 1. The van der Waals surface area contributed by atoms with Gasteiger partial charge in [0.2, 0.25) is 0 Å². The number of nitrogens with one attached hydrogen (secondary N) is 1. The van der Waals surface area contributed by atoms with Gasteiger partial charge in [-0.3, -0.25) is 4.68 Å². The van der Waals surface area contributed by atoms with Crippen molar-refractivity contribution in [2.24, 2.45) is 7.05 Å². The molecule has 0 atom stereocenters. The smallest absolute Gasteiger partial charge is 0.395 e. The third kappa shape index (κ3) is 3.45. The molecule has 8 heteroatoms. The van der Waals surface area contributed by atoms with E-state index < -0.39 is 11.9 Å². The predicted molar refractivity (Wildman–Crippen MR) is 75.6 cm³/mol. The van der Waals surface area contributed by atoms with Crippen molar-refractivity contribution in [2.75, 3.05) is 13.2 Å². The molecule has 2 rings (SSSR count). The average Bonchev–Trinajstić information content (AvgIpc) is 3.01. The van der Waals surface area contributed by atoms with Gasteiger partial charge in [-0.15, -0.1) is 11.3 Å². The van der Waals surface area contributed by atoms with Gasteiger partial charge in [0.1, 0.15) is 11.4 Å². The second kappa shape index (κ2) is 5.90. The van der Waals surface area contributed by atoms with Gasteiger partial charge in [0, 0.05) is 19.3 Å². The Morgan fingerprint density at radius 1 is 1.48 bits per heavy atom. The van der Waals surface area contributed by atoms with Crippen LogP contribution in [0.5, 0.6) is 0 Å². The molecule has 0 aliphatic carbocycles. The summed E-state index contributed by atoms with van der Waals surface area (Å²) >= 11 is 1.29. The summed E-state index contributed by atoms with van der Waals surface area (Å²) in [5, 5.41) is 15.5. The Balaban J connectivity index is 2.24. The molecule has 2 aromatic heterocycles. The molecule has 0 aliphatic heterocycles. The van der Waals surface area contributed by atoms with Crippen LogP contribution in [0.2, 0.25) is 0 Å². The number of nitrogens with zero attached hydrogens (tertiary/aromatic N) is 2. The fourth-order valence-electron chi connectivity index (χ4n) is 1.78. The Morgan fingerprint density at radius 3 is 2.76 bits per heavy atom. The lowest BCUT2D eigenvalue weighted by atomic mass is 10.3. The SMILES string of the molecule is C=C(NCCO)c1ccc(-c2cc(C(F)(F)F)n(C)n2)s1. The summed E-state index contributed by atoms with van der Waals surface area (Å²) in [5.74, 6) is 0. The zero-order chi connectivity index (χ0) is 15.6. The van der Waals surface area contributed by atoms with Crippen LogP contribution in [0.15, 0.2) is 24.8 Å². The summed E-state index contributed by atoms with van der Waals surface area (Å²) in [7, 11) is 1.27. The summed E-state index contributed by atoms with van der Waals surface area (Å²) < 4.78 is 39.1. The van der Waals surface area contributed by atoms with Crippen LogP contribution in [0.4, 0.5) is 13.2 Å². The molecule has 0 aromatic carbocycles. The summed E-state index contributed by atoms with van der Waals surface area (Å²) in [4.78, 5) is 1.42. The highest BCUT2D eigenvalue weighted by molar-refractivity contribution is 7.16. The van der Waals surface area contributed by atoms with Crippen LogP contribution >= 0.6 is 11.3 Å². The van der Waals surface area contributed by atoms with Gasteiger partial charge in [-0.2, -0.15) is 18.3 Å². The molecule has 0 unspecified atom stereocenters. The van der Waals surface area contributed by atoms with Gasteiger partial charge in [-0.1, -0.05) is 6.58 Å². The lowest BCUT2D eigenvalue weighted by Gasteiger charge is -2.04. The summed E-state index contributed by atoms with van der Waals surface area (Å²) in [6, 6.07) is 4.49. The van der Waals surface area contributed by atoms with Crippen LogP contribution in [0.1, 0.15) is 10.6 Å². The van der Waals surface area contributed by atoms with Gasteiger partial charge in [0.05, 0.1) is 16.4 Å². The molecule has 0 radical (unpaired) electrons. The number of aromatic nitrogens is 2. The first kappa shape index (κ1) is 15.6. The molecule has 0 spiro atoms. The first-order valence-electron chi connectivity index (χ1n) is 6.08. The largest absolute Gasteiger partial charge is 0.433 e. The zero-order valence-corrected chi connectivity index (χ0v) is 12.1. The number of aliphatic hydroxyl groups is 1. The minimum absolute atomic E-state index is 0.0214. The Hall–Kier alpha value is -1.80. The highest BCUT2D eigenvalue weighted by atomic mass is 32.1. The van der Waals surface area contributed by atoms with Crippen molar-refractivity contribution >= 4 is 17.0 Å². The van der Waals surface area contributed by atoms with Crippen molar-refractivity contribution in [1.29, 1.82) is 0 Å². The minimum atomic E-state index is -4.42. The molecule has 2 N–H and O–H groups in total. The van der Waals surface area contributed by atoms with Crippen LogP contribution < -0.4 is 5.32 Å². The quantitative estimate of drug-likeness (QED) is 0.891. The van der Waals surface area contributed by atoms with E-state index in [1.165, 1.54) is 18.4 Å². The molecule has 0 saturated carbocycles. The first-order valence-corrected chi connectivity index (χ1v) is 6.90. The average molecular weight is 317 g/mol. The third-order valence-corrected chi connectivity index (χ3v) is 3.94. The first-order chi connectivity index (χ1) is 9.82. The maximum Gasteiger partial charge on any atom is 0.433 e. The topological polar surface area (TPSA) is 50.1 Å². The van der Waals surface area contributed by atoms with E-state index in [-0.39, 0.29) is 12.3 Å². The van der Waals surface area contributed by atoms with Crippen molar-refractivity contribution in [3.63, 3.8) is 0 Å². The molecule has 4 nitrogen and oxygen atoms in total. The summed E-state index contributed by atoms with van der Waals surface area (Å²) in [5.41, 5.74) is 0.105. The number of aliphatic hydroxyl groups excluding tert-OH is 1. The van der Waals surface area contributed by atoms with Crippen LogP contribution in [0.3, 0.4) is 0 Å². The van der Waals surface area contributed by atoms with Gasteiger partial charge in [-0.05, 0) is 18.2 Å². The molecule has 0 fully saturated rings. The van der Waals surface area contributed by atoms with Crippen molar-refractivity contribution in [3.05, 3.63) is 35.3 Å². The molecule has 0 bridgehead atoms. The van der Waals surface area contributed by atoms with E-state index in [2.05, 4.69) is 17.0 Å². The Morgan fingerprint density at radius 2 is 2.19 bits per heavy atom. The maximum absolute atomic E-state index is 12.7. The van der Waals surface area contributed by atoms with Crippen LogP contribution in [0.25, 0.3) is 16.3 Å². The maximum atomic E-state index is 12.7. The highest BCUT2D eigenvalue weighted by Crippen LogP contribution is 2.34.